The summed E-state index contributed by atoms with van der Waals surface area (Å²) in [5.41, 5.74) is 0.270. The van der Waals surface area contributed by atoms with Gasteiger partial charge in [-0.15, -0.1) is 34.5 Å². The average molecular weight is 449 g/mol. The minimum absolute atomic E-state index is 0.194. The molecule has 1 aromatic rings. The molecule has 0 aliphatic heterocycles. The van der Waals surface area contributed by atoms with Crippen LogP contribution in [0.15, 0.2) is 5.38 Å². The molecule has 25 heavy (non-hydrogen) atoms. The summed E-state index contributed by atoms with van der Waals surface area (Å²) in [6.07, 6.45) is -0.0859. The first-order valence-corrected chi connectivity index (χ1v) is 11.9. The van der Waals surface area contributed by atoms with Crippen molar-refractivity contribution in [3.63, 3.8) is 0 Å². The van der Waals surface area contributed by atoms with E-state index in [9.17, 15) is 9.90 Å². The third-order valence-electron chi connectivity index (χ3n) is 2.94. The number of rotatable bonds is 7. The van der Waals surface area contributed by atoms with Crippen molar-refractivity contribution in [2.24, 2.45) is 5.92 Å². The van der Waals surface area contributed by atoms with E-state index in [0.29, 0.717) is 24.0 Å². The first kappa shape index (κ1) is 27.3. The maximum atomic E-state index is 11.5. The van der Waals surface area contributed by atoms with Gasteiger partial charge in [-0.3, -0.25) is 0 Å². The number of nitrogens with zero attached hydrogens (tertiary/aromatic N) is 1. The lowest BCUT2D eigenvalue weighted by Crippen LogP contribution is -2.32. The molecule has 1 rings (SSSR count). The zero-order chi connectivity index (χ0) is 19.8. The molecule has 0 saturated carbocycles. The summed E-state index contributed by atoms with van der Waals surface area (Å²) >= 11 is 15.2. The molecule has 0 aromatic carbocycles. The van der Waals surface area contributed by atoms with Crippen LogP contribution in [0.2, 0.25) is 0 Å². The van der Waals surface area contributed by atoms with Gasteiger partial charge < -0.3 is 15.2 Å². The van der Waals surface area contributed by atoms with Crippen LogP contribution < -0.4 is 5.32 Å². The van der Waals surface area contributed by atoms with Crippen LogP contribution in [0.25, 0.3) is 0 Å². The molecule has 1 aromatic heterocycles. The highest BCUT2D eigenvalue weighted by atomic mass is 35.5. The van der Waals surface area contributed by atoms with Crippen molar-refractivity contribution in [3.8, 4) is 0 Å². The topological polar surface area (TPSA) is 71.5 Å². The lowest BCUT2D eigenvalue weighted by molar-refractivity contribution is 0.0519. The fourth-order valence-corrected chi connectivity index (χ4v) is 2.59. The van der Waals surface area contributed by atoms with Gasteiger partial charge in [0.1, 0.15) is 11.1 Å². The molecule has 0 bridgehead atoms. The number of aromatic nitrogens is 1. The van der Waals surface area contributed by atoms with E-state index in [1.165, 1.54) is 11.3 Å². The molecule has 0 amide bonds. The van der Waals surface area contributed by atoms with Gasteiger partial charge in [0.25, 0.3) is 0 Å². The predicted molar refractivity (Wildman–Crippen MR) is 112 cm³/mol. The fourth-order valence-electron chi connectivity index (χ4n) is 1.80. The van der Waals surface area contributed by atoms with Crippen LogP contribution in [-0.2, 0) is 16.5 Å². The molecule has 5 nitrogen and oxygen atoms in total. The lowest BCUT2D eigenvalue weighted by atomic mass is 9.98. The average Bonchev–Trinajstić information content (AvgIpc) is 3.04. The smallest absolute Gasteiger partial charge is 0.357 e. The van der Waals surface area contributed by atoms with Crippen molar-refractivity contribution >= 4 is 59.7 Å². The van der Waals surface area contributed by atoms with E-state index >= 15 is 0 Å². The second kappa shape index (κ2) is 17.5. The number of nitrogens with one attached hydrogen (secondary N) is 1. The summed E-state index contributed by atoms with van der Waals surface area (Å²) < 4.78 is 4.87. The highest BCUT2D eigenvalue weighted by molar-refractivity contribution is 7.96. The number of esters is 1. The summed E-state index contributed by atoms with van der Waals surface area (Å²) in [5.74, 6) is -0.0182. The maximum absolute atomic E-state index is 11.5. The van der Waals surface area contributed by atoms with Crippen LogP contribution in [0, 0.1) is 5.92 Å². The molecule has 0 unspecified atom stereocenters. The Kier molecular flexibility index (Phi) is 19.2. The minimum atomic E-state index is -0.659. The SMILES string of the molecule is CCOC(=O)c1csc([C@H](O)C[C@@H](NC)C(C)C)n1.CP=S.ClCCl. The van der Waals surface area contributed by atoms with Crippen LogP contribution >= 0.6 is 41.9 Å². The van der Waals surface area contributed by atoms with Gasteiger partial charge in [0.2, 0.25) is 0 Å². The number of thiazole rings is 1. The van der Waals surface area contributed by atoms with E-state index in [1.807, 2.05) is 13.7 Å². The quantitative estimate of drug-likeness (QED) is 0.365. The lowest BCUT2D eigenvalue weighted by Gasteiger charge is -2.22. The van der Waals surface area contributed by atoms with Gasteiger partial charge >= 0.3 is 5.97 Å². The molecule has 0 aliphatic carbocycles. The van der Waals surface area contributed by atoms with Crippen LogP contribution in [0.4, 0.5) is 0 Å². The second-order valence-electron chi connectivity index (χ2n) is 4.97. The van der Waals surface area contributed by atoms with Crippen LogP contribution in [0.1, 0.15) is 48.8 Å². The molecule has 0 radical (unpaired) electrons. The molecule has 0 saturated heterocycles. The highest BCUT2D eigenvalue weighted by Crippen LogP contribution is 2.24. The zero-order valence-electron chi connectivity index (χ0n) is 15.2. The molecule has 1 heterocycles. The Hall–Kier alpha value is 0.120. The standard InChI is InChI=1S/C13H22N2O3S.CH2Cl2.CH3PS/c1-5-18-13(17)10-7-19-12(15-10)11(16)6-9(14-4)8(2)3;2-1-3;1-2-3/h7-9,11,14,16H,5-6H2,1-4H3;1H2;1H3/t9-,11-;;/m1../s1. The Bertz CT molecular complexity index is 479. The molecule has 2 atom stereocenters. The van der Waals surface area contributed by atoms with E-state index in [-0.39, 0.29) is 17.1 Å². The summed E-state index contributed by atoms with van der Waals surface area (Å²) in [7, 11) is 2.88. The Morgan fingerprint density at radius 2 is 2.04 bits per heavy atom. The summed E-state index contributed by atoms with van der Waals surface area (Å²) in [5, 5.41) is 15.7. The van der Waals surface area contributed by atoms with Crippen molar-refractivity contribution in [2.75, 3.05) is 25.7 Å². The van der Waals surface area contributed by atoms with Gasteiger partial charge in [-0.2, -0.15) is 0 Å². The molecular weight excluding hydrogens is 422 g/mol. The number of alkyl halides is 2. The second-order valence-corrected chi connectivity index (χ2v) is 8.12. The summed E-state index contributed by atoms with van der Waals surface area (Å²) in [6.45, 7) is 8.18. The number of carbonyl (C=O) groups excluding carboxylic acids is 1. The molecule has 146 valence electrons. The van der Waals surface area contributed by atoms with Crippen LogP contribution in [0.5, 0.6) is 0 Å². The molecule has 0 spiro atoms. The number of aliphatic hydroxyl groups is 1. The fraction of sp³-hybridized carbons (Fsp3) is 0.733. The summed E-state index contributed by atoms with van der Waals surface area (Å²) in [4.78, 5) is 15.6. The Morgan fingerprint density at radius 1 is 1.52 bits per heavy atom. The maximum Gasteiger partial charge on any atom is 0.357 e. The molecule has 2 N–H and O–H groups in total. The predicted octanol–water partition coefficient (Wildman–Crippen LogP) is 4.43. The monoisotopic (exact) mass is 448 g/mol. The van der Waals surface area contributed by atoms with Crippen molar-refractivity contribution in [1.82, 2.24) is 10.3 Å². The largest absolute Gasteiger partial charge is 0.461 e. The molecular formula is C15H27Cl2N2O3PS2. The van der Waals surface area contributed by atoms with Gasteiger partial charge in [0, 0.05) is 11.4 Å². The van der Waals surface area contributed by atoms with Gasteiger partial charge in [0.15, 0.2) is 5.69 Å². The molecule has 0 fully saturated rings. The third-order valence-corrected chi connectivity index (χ3v) is 3.89. The highest BCUT2D eigenvalue weighted by Gasteiger charge is 2.21. The van der Waals surface area contributed by atoms with E-state index in [0.717, 1.165) is 7.36 Å². The normalized spacial score (nSPS) is 12.5. The summed E-state index contributed by atoms with van der Waals surface area (Å²) in [6, 6.07) is 0.213. The van der Waals surface area contributed by atoms with Crippen molar-refractivity contribution in [3.05, 3.63) is 16.1 Å². The number of halogens is 2. The van der Waals surface area contributed by atoms with E-state index < -0.39 is 12.1 Å². The first-order valence-electron chi connectivity index (χ1n) is 7.63. The van der Waals surface area contributed by atoms with Crippen molar-refractivity contribution in [1.29, 1.82) is 0 Å². The van der Waals surface area contributed by atoms with Gasteiger partial charge in [0.05, 0.1) is 11.9 Å². The number of ether oxygens (including phenoxy) is 1. The van der Waals surface area contributed by atoms with Crippen LogP contribution in [-0.4, -0.2) is 47.8 Å². The number of aliphatic hydroxyl groups excluding tert-OH is 1. The van der Waals surface area contributed by atoms with Crippen molar-refractivity contribution < 1.29 is 14.6 Å². The first-order chi connectivity index (χ1) is 11.8. The number of hydrogen-bond acceptors (Lipinski definition) is 7. The zero-order valence-corrected chi connectivity index (χ0v) is 19.2. The molecule has 10 heteroatoms. The van der Waals surface area contributed by atoms with Gasteiger partial charge in [-0.25, -0.2) is 9.78 Å². The van der Waals surface area contributed by atoms with E-state index in [1.54, 1.807) is 12.3 Å². The van der Waals surface area contributed by atoms with Gasteiger partial charge in [-0.1, -0.05) is 25.7 Å². The number of hydrogen-bond donors (Lipinski definition) is 2. The Balaban J connectivity index is 0. The third kappa shape index (κ3) is 13.0. The van der Waals surface area contributed by atoms with Crippen molar-refractivity contribution in [2.45, 2.75) is 39.3 Å². The minimum Gasteiger partial charge on any atom is -0.461 e. The van der Waals surface area contributed by atoms with Gasteiger partial charge in [-0.05, 0) is 40.3 Å². The van der Waals surface area contributed by atoms with Crippen LogP contribution in [0.3, 0.4) is 0 Å². The van der Waals surface area contributed by atoms with E-state index in [4.69, 9.17) is 27.9 Å². The van der Waals surface area contributed by atoms with E-state index in [2.05, 4.69) is 36.0 Å². The Labute approximate surface area is 171 Å². The molecule has 0 aliphatic rings. The number of carbonyl (C=O) groups is 1. The Morgan fingerprint density at radius 3 is 2.44 bits per heavy atom.